The van der Waals surface area contributed by atoms with Crippen LogP contribution in [0.15, 0.2) is 18.7 Å². The van der Waals surface area contributed by atoms with Gasteiger partial charge in [0.05, 0.1) is 24.3 Å². The molecule has 0 bridgehead atoms. The Hall–Kier alpha value is -1.35. The Morgan fingerprint density at radius 3 is 2.75 bits per heavy atom. The van der Waals surface area contributed by atoms with Crippen molar-refractivity contribution in [3.8, 4) is 0 Å². The molecule has 0 atom stereocenters. The van der Waals surface area contributed by atoms with Crippen LogP contribution in [0.1, 0.15) is 11.3 Å². The van der Waals surface area contributed by atoms with E-state index in [0.717, 1.165) is 37.8 Å². The van der Waals surface area contributed by atoms with E-state index in [-0.39, 0.29) is 0 Å². The lowest BCUT2D eigenvalue weighted by atomic mass is 9.78. The minimum Gasteiger partial charge on any atom is -0.380 e. The minimum absolute atomic E-state index is 0.444. The van der Waals surface area contributed by atoms with Gasteiger partial charge in [0.25, 0.3) is 0 Å². The van der Waals surface area contributed by atoms with Gasteiger partial charge in [-0.15, -0.1) is 0 Å². The van der Waals surface area contributed by atoms with E-state index in [0.29, 0.717) is 5.41 Å². The average Bonchev–Trinajstić information content (AvgIpc) is 2.12. The molecule has 1 aromatic heterocycles. The van der Waals surface area contributed by atoms with Gasteiger partial charge < -0.3 is 9.64 Å². The summed E-state index contributed by atoms with van der Waals surface area (Å²) >= 11 is 0. The smallest absolute Gasteiger partial charge is 0.129 e. The lowest BCUT2D eigenvalue weighted by Gasteiger charge is -2.55. The molecule has 0 aliphatic carbocycles. The van der Waals surface area contributed by atoms with Crippen LogP contribution in [0, 0.1) is 12.3 Å². The summed E-state index contributed by atoms with van der Waals surface area (Å²) < 4.78 is 5.27. The van der Waals surface area contributed by atoms with Crippen molar-refractivity contribution in [2.45, 2.75) is 6.92 Å². The Labute approximate surface area is 95.7 Å². The van der Waals surface area contributed by atoms with E-state index in [2.05, 4.69) is 35.5 Å². The fourth-order valence-corrected chi connectivity index (χ4v) is 2.44. The van der Waals surface area contributed by atoms with Crippen molar-refractivity contribution in [2.75, 3.05) is 31.2 Å². The molecular weight excluding hydrogens is 200 g/mol. The highest BCUT2D eigenvalue weighted by atomic mass is 16.5. The van der Waals surface area contributed by atoms with E-state index < -0.39 is 0 Å². The standard InChI is InChI=1S/C13H16N2O/c1-3-11-4-10(2)5-12(14-11)15-6-13(7-15)8-16-9-13/h3-5H,1,6-9H2,2H3. The minimum atomic E-state index is 0.444. The highest BCUT2D eigenvalue weighted by Crippen LogP contribution is 2.39. The summed E-state index contributed by atoms with van der Waals surface area (Å²) in [6, 6.07) is 4.19. The summed E-state index contributed by atoms with van der Waals surface area (Å²) in [4.78, 5) is 6.89. The Morgan fingerprint density at radius 2 is 2.19 bits per heavy atom. The molecule has 2 aliphatic rings. The maximum absolute atomic E-state index is 5.27. The molecule has 3 heteroatoms. The van der Waals surface area contributed by atoms with Crippen molar-refractivity contribution in [3.63, 3.8) is 0 Å². The molecule has 1 spiro atoms. The number of aryl methyl sites for hydroxylation is 1. The first-order valence-corrected chi connectivity index (χ1v) is 5.65. The van der Waals surface area contributed by atoms with Crippen molar-refractivity contribution >= 4 is 11.9 Å². The Bertz CT molecular complexity index is 430. The van der Waals surface area contributed by atoms with Crippen molar-refractivity contribution in [3.05, 3.63) is 30.0 Å². The van der Waals surface area contributed by atoms with Gasteiger partial charge in [-0.05, 0) is 30.7 Å². The number of aromatic nitrogens is 1. The number of hydrogen-bond donors (Lipinski definition) is 0. The molecule has 2 fully saturated rings. The molecule has 16 heavy (non-hydrogen) atoms. The Balaban J connectivity index is 1.79. The molecule has 3 rings (SSSR count). The van der Waals surface area contributed by atoms with Gasteiger partial charge in [0.1, 0.15) is 5.82 Å². The van der Waals surface area contributed by atoms with Crippen LogP contribution in [0.25, 0.3) is 6.08 Å². The molecule has 3 heterocycles. The van der Waals surface area contributed by atoms with E-state index >= 15 is 0 Å². The highest BCUT2D eigenvalue weighted by Gasteiger charge is 2.49. The average molecular weight is 216 g/mol. The summed E-state index contributed by atoms with van der Waals surface area (Å²) in [5, 5.41) is 0. The Kier molecular flexibility index (Phi) is 2.04. The second-order valence-corrected chi connectivity index (χ2v) is 4.98. The first-order chi connectivity index (χ1) is 7.71. The van der Waals surface area contributed by atoms with Crippen molar-refractivity contribution in [2.24, 2.45) is 5.41 Å². The number of ether oxygens (including phenoxy) is 1. The Morgan fingerprint density at radius 1 is 1.44 bits per heavy atom. The summed E-state index contributed by atoms with van der Waals surface area (Å²) in [5.74, 6) is 1.08. The number of anilines is 1. The van der Waals surface area contributed by atoms with Gasteiger partial charge in [0, 0.05) is 13.1 Å². The van der Waals surface area contributed by atoms with Crippen LogP contribution in [0.2, 0.25) is 0 Å². The van der Waals surface area contributed by atoms with E-state index in [4.69, 9.17) is 4.74 Å². The molecule has 3 nitrogen and oxygen atoms in total. The van der Waals surface area contributed by atoms with E-state index in [1.54, 1.807) is 6.08 Å². The largest absolute Gasteiger partial charge is 0.380 e. The quantitative estimate of drug-likeness (QED) is 0.754. The molecule has 0 saturated carbocycles. The summed E-state index contributed by atoms with van der Waals surface area (Å²) in [5.41, 5.74) is 2.64. The molecule has 0 radical (unpaired) electrons. The van der Waals surface area contributed by atoms with E-state index in [1.807, 2.05) is 0 Å². The SMILES string of the molecule is C=Cc1cc(C)cc(N2CC3(COC3)C2)n1. The number of nitrogens with zero attached hydrogens (tertiary/aromatic N) is 2. The topological polar surface area (TPSA) is 25.4 Å². The second kappa shape index (κ2) is 3.32. The van der Waals surface area contributed by atoms with E-state index in [1.165, 1.54) is 5.56 Å². The fourth-order valence-electron chi connectivity index (χ4n) is 2.44. The third kappa shape index (κ3) is 1.43. The zero-order valence-electron chi connectivity index (χ0n) is 9.57. The molecular formula is C13H16N2O. The van der Waals surface area contributed by atoms with Crippen molar-refractivity contribution in [1.29, 1.82) is 0 Å². The maximum Gasteiger partial charge on any atom is 0.129 e. The first-order valence-electron chi connectivity index (χ1n) is 5.65. The molecule has 2 aliphatic heterocycles. The van der Waals surface area contributed by atoms with Crippen LogP contribution >= 0.6 is 0 Å². The third-order valence-corrected chi connectivity index (χ3v) is 3.38. The molecule has 2 saturated heterocycles. The molecule has 1 aromatic rings. The first kappa shape index (κ1) is 9.85. The van der Waals surface area contributed by atoms with Gasteiger partial charge in [-0.1, -0.05) is 6.58 Å². The molecule has 0 unspecified atom stereocenters. The zero-order valence-corrected chi connectivity index (χ0v) is 9.57. The monoisotopic (exact) mass is 216 g/mol. The summed E-state index contributed by atoms with van der Waals surface area (Å²) in [7, 11) is 0. The van der Waals surface area contributed by atoms with Gasteiger partial charge in [0.2, 0.25) is 0 Å². The number of pyridine rings is 1. The van der Waals surface area contributed by atoms with Gasteiger partial charge in [-0.2, -0.15) is 0 Å². The summed E-state index contributed by atoms with van der Waals surface area (Å²) in [6.07, 6.45) is 1.80. The highest BCUT2D eigenvalue weighted by molar-refractivity contribution is 5.52. The third-order valence-electron chi connectivity index (χ3n) is 3.38. The van der Waals surface area contributed by atoms with Gasteiger partial charge in [0.15, 0.2) is 0 Å². The van der Waals surface area contributed by atoms with Crippen molar-refractivity contribution < 1.29 is 4.74 Å². The lowest BCUT2D eigenvalue weighted by molar-refractivity contribution is -0.127. The van der Waals surface area contributed by atoms with E-state index in [9.17, 15) is 0 Å². The normalized spacial score (nSPS) is 21.4. The van der Waals surface area contributed by atoms with Gasteiger partial charge in [-0.3, -0.25) is 0 Å². The number of hydrogen-bond acceptors (Lipinski definition) is 3. The van der Waals surface area contributed by atoms with Crippen LogP contribution in [-0.2, 0) is 4.74 Å². The van der Waals surface area contributed by atoms with Crippen LogP contribution in [0.4, 0.5) is 5.82 Å². The molecule has 84 valence electrons. The van der Waals surface area contributed by atoms with Gasteiger partial charge in [-0.25, -0.2) is 4.98 Å². The fraction of sp³-hybridized carbons (Fsp3) is 0.462. The van der Waals surface area contributed by atoms with Crippen LogP contribution < -0.4 is 4.90 Å². The zero-order chi connectivity index (χ0) is 11.2. The maximum atomic E-state index is 5.27. The predicted octanol–water partition coefficient (Wildman–Crippen LogP) is 1.87. The number of rotatable bonds is 2. The molecule has 0 aromatic carbocycles. The predicted molar refractivity (Wildman–Crippen MR) is 64.5 cm³/mol. The van der Waals surface area contributed by atoms with Crippen LogP contribution in [0.5, 0.6) is 0 Å². The van der Waals surface area contributed by atoms with Crippen LogP contribution in [-0.4, -0.2) is 31.3 Å². The van der Waals surface area contributed by atoms with Crippen molar-refractivity contribution in [1.82, 2.24) is 4.98 Å². The lowest BCUT2D eigenvalue weighted by Crippen LogP contribution is -2.66. The second-order valence-electron chi connectivity index (χ2n) is 4.98. The summed E-state index contributed by atoms with van der Waals surface area (Å²) in [6.45, 7) is 9.88. The van der Waals surface area contributed by atoms with Crippen LogP contribution in [0.3, 0.4) is 0 Å². The van der Waals surface area contributed by atoms with Gasteiger partial charge >= 0.3 is 0 Å². The molecule has 0 N–H and O–H groups in total. The molecule has 0 amide bonds.